The average Bonchev–Trinajstić information content (AvgIpc) is 3.31. The molecule has 1 amide bonds. The molecule has 4 rings (SSSR count). The van der Waals surface area contributed by atoms with Gasteiger partial charge in [-0.05, 0) is 51.0 Å². The molecule has 144 valence electrons. The molecule has 2 aromatic heterocycles. The summed E-state index contributed by atoms with van der Waals surface area (Å²) in [5.74, 6) is 0. The second kappa shape index (κ2) is 6.95. The molecular formula is C21H22N4O2S. The van der Waals surface area contributed by atoms with Gasteiger partial charge in [-0.2, -0.15) is 5.26 Å². The summed E-state index contributed by atoms with van der Waals surface area (Å²) in [5, 5.41) is 15.4. The molecule has 1 aromatic carbocycles. The normalized spacial score (nSPS) is 16.0. The number of carbonyl (C=O) groups is 1. The maximum Gasteiger partial charge on any atom is 0.407 e. The summed E-state index contributed by atoms with van der Waals surface area (Å²) in [6.07, 6.45) is 1.06. The number of thiazole rings is 1. The molecule has 0 saturated carbocycles. The Morgan fingerprint density at radius 1 is 1.43 bits per heavy atom. The van der Waals surface area contributed by atoms with E-state index in [1.165, 1.54) is 11.3 Å². The number of ether oxygens (including phenoxy) is 1. The fraction of sp³-hybridized carbons (Fsp3) is 0.381. The summed E-state index contributed by atoms with van der Waals surface area (Å²) in [6.45, 7) is 6.25. The van der Waals surface area contributed by atoms with Crippen molar-refractivity contribution in [2.75, 3.05) is 0 Å². The quantitative estimate of drug-likeness (QED) is 0.728. The van der Waals surface area contributed by atoms with Crippen LogP contribution >= 0.6 is 11.3 Å². The molecule has 3 aromatic rings. The van der Waals surface area contributed by atoms with Gasteiger partial charge in [0.1, 0.15) is 5.60 Å². The number of nitrogens with one attached hydrogen (secondary N) is 1. The molecule has 0 fully saturated rings. The van der Waals surface area contributed by atoms with Crippen LogP contribution in [-0.4, -0.2) is 27.3 Å². The Morgan fingerprint density at radius 2 is 2.25 bits per heavy atom. The van der Waals surface area contributed by atoms with Crippen LogP contribution in [0.1, 0.15) is 43.3 Å². The zero-order chi connectivity index (χ0) is 19.9. The molecule has 1 atom stereocenters. The van der Waals surface area contributed by atoms with E-state index in [-0.39, 0.29) is 6.04 Å². The Kier molecular flexibility index (Phi) is 4.60. The second-order valence-corrected chi connectivity index (χ2v) is 8.80. The predicted octanol–water partition coefficient (Wildman–Crippen LogP) is 4.01. The van der Waals surface area contributed by atoms with Crippen LogP contribution in [0.3, 0.4) is 0 Å². The third-order valence-electron chi connectivity index (χ3n) is 4.83. The van der Waals surface area contributed by atoms with E-state index < -0.39 is 11.7 Å². The van der Waals surface area contributed by atoms with Crippen LogP contribution in [0, 0.1) is 11.3 Å². The molecule has 1 unspecified atom stereocenters. The van der Waals surface area contributed by atoms with E-state index in [1.54, 1.807) is 11.3 Å². The van der Waals surface area contributed by atoms with Crippen molar-refractivity contribution in [2.24, 2.45) is 0 Å². The summed E-state index contributed by atoms with van der Waals surface area (Å²) in [5.41, 5.74) is 6.46. The Bertz CT molecular complexity index is 1070. The van der Waals surface area contributed by atoms with Gasteiger partial charge in [-0.15, -0.1) is 11.3 Å². The van der Waals surface area contributed by atoms with Crippen molar-refractivity contribution in [1.29, 1.82) is 5.26 Å². The van der Waals surface area contributed by atoms with Gasteiger partial charge in [0.15, 0.2) is 0 Å². The van der Waals surface area contributed by atoms with E-state index in [4.69, 9.17) is 4.74 Å². The number of amides is 1. The first-order valence-electron chi connectivity index (χ1n) is 9.25. The van der Waals surface area contributed by atoms with Crippen LogP contribution < -0.4 is 5.32 Å². The molecule has 0 bridgehead atoms. The summed E-state index contributed by atoms with van der Waals surface area (Å²) < 4.78 is 7.67. The first-order valence-corrected chi connectivity index (χ1v) is 10.2. The Morgan fingerprint density at radius 3 is 2.93 bits per heavy atom. The number of nitrogens with zero attached hydrogens (tertiary/aromatic N) is 3. The molecule has 0 radical (unpaired) electrons. The average molecular weight is 395 g/mol. The van der Waals surface area contributed by atoms with Crippen molar-refractivity contribution in [2.45, 2.75) is 51.8 Å². The maximum atomic E-state index is 12.2. The van der Waals surface area contributed by atoms with Gasteiger partial charge in [0.25, 0.3) is 0 Å². The third-order valence-corrected chi connectivity index (χ3v) is 5.47. The van der Waals surface area contributed by atoms with E-state index in [9.17, 15) is 10.1 Å². The summed E-state index contributed by atoms with van der Waals surface area (Å²) in [7, 11) is 0. The van der Waals surface area contributed by atoms with Crippen LogP contribution in [0.15, 0.2) is 29.1 Å². The molecule has 7 heteroatoms. The van der Waals surface area contributed by atoms with Gasteiger partial charge in [-0.1, -0.05) is 0 Å². The lowest BCUT2D eigenvalue weighted by Crippen LogP contribution is -2.39. The Balaban J connectivity index is 1.66. The van der Waals surface area contributed by atoms with E-state index >= 15 is 0 Å². The molecule has 0 saturated heterocycles. The minimum absolute atomic E-state index is 0.0170. The largest absolute Gasteiger partial charge is 0.444 e. The van der Waals surface area contributed by atoms with Crippen LogP contribution in [0.4, 0.5) is 4.79 Å². The van der Waals surface area contributed by atoms with Crippen LogP contribution in [-0.2, 0) is 24.1 Å². The van der Waals surface area contributed by atoms with Gasteiger partial charge < -0.3 is 14.6 Å². The fourth-order valence-corrected chi connectivity index (χ4v) is 4.34. The molecule has 1 N–H and O–H groups in total. The summed E-state index contributed by atoms with van der Waals surface area (Å²) in [4.78, 5) is 16.6. The standard InChI is InChI=1S/C21H22N4O2S/c1-21(2,3)27-20(26)24-14-7-17-16-6-13(9-22)4-5-18(16)25(19(17)8-14)10-15-11-28-12-23-15/h4-6,11-12,14H,7-8,10H2,1-3H3,(H,24,26). The molecule has 1 aliphatic rings. The van der Waals surface area contributed by atoms with Crippen LogP contribution in [0.5, 0.6) is 0 Å². The first kappa shape index (κ1) is 18.5. The molecule has 2 heterocycles. The highest BCUT2D eigenvalue weighted by molar-refractivity contribution is 7.07. The maximum absolute atomic E-state index is 12.2. The van der Waals surface area contributed by atoms with Gasteiger partial charge in [0.05, 0.1) is 29.4 Å². The number of carbonyl (C=O) groups excluding carboxylic acids is 1. The van der Waals surface area contributed by atoms with E-state index in [0.717, 1.165) is 29.4 Å². The number of hydrogen-bond donors (Lipinski definition) is 1. The number of fused-ring (bicyclic) bond motifs is 3. The lowest BCUT2D eigenvalue weighted by Gasteiger charge is -2.22. The number of nitriles is 1. The number of rotatable bonds is 3. The highest BCUT2D eigenvalue weighted by atomic mass is 32.1. The smallest absolute Gasteiger partial charge is 0.407 e. The Hall–Kier alpha value is -2.85. The SMILES string of the molecule is CC(C)(C)OC(=O)NC1Cc2c(n(Cc3cscn3)c3ccc(C#N)cc23)C1. The number of aromatic nitrogens is 2. The first-order chi connectivity index (χ1) is 13.3. The number of alkyl carbamates (subject to hydrolysis) is 1. The number of benzene rings is 1. The van der Waals surface area contributed by atoms with Crippen molar-refractivity contribution in [1.82, 2.24) is 14.9 Å². The molecule has 1 aliphatic carbocycles. The van der Waals surface area contributed by atoms with Gasteiger partial charge >= 0.3 is 6.09 Å². The summed E-state index contributed by atoms with van der Waals surface area (Å²) >= 11 is 1.58. The Labute approximate surface area is 167 Å². The molecular weight excluding hydrogens is 372 g/mol. The van der Waals surface area contributed by atoms with Crippen molar-refractivity contribution < 1.29 is 9.53 Å². The van der Waals surface area contributed by atoms with Gasteiger partial charge in [-0.3, -0.25) is 0 Å². The van der Waals surface area contributed by atoms with Crippen LogP contribution in [0.25, 0.3) is 10.9 Å². The monoisotopic (exact) mass is 394 g/mol. The molecule has 0 spiro atoms. The zero-order valence-corrected chi connectivity index (χ0v) is 17.0. The molecule has 6 nitrogen and oxygen atoms in total. The van der Waals surface area contributed by atoms with E-state index in [2.05, 4.69) is 20.9 Å². The third kappa shape index (κ3) is 3.60. The number of hydrogen-bond acceptors (Lipinski definition) is 5. The van der Waals surface area contributed by atoms with Crippen molar-refractivity contribution >= 4 is 28.3 Å². The molecule has 0 aliphatic heterocycles. The predicted molar refractivity (Wildman–Crippen MR) is 108 cm³/mol. The fourth-order valence-electron chi connectivity index (χ4n) is 3.79. The summed E-state index contributed by atoms with van der Waals surface area (Å²) in [6, 6.07) is 8.02. The van der Waals surface area contributed by atoms with Gasteiger partial charge in [-0.25, -0.2) is 9.78 Å². The van der Waals surface area contributed by atoms with Crippen LogP contribution in [0.2, 0.25) is 0 Å². The minimum atomic E-state index is -0.524. The van der Waals surface area contributed by atoms with E-state index in [0.29, 0.717) is 12.1 Å². The van der Waals surface area contributed by atoms with Crippen molar-refractivity contribution in [3.05, 3.63) is 51.6 Å². The van der Waals surface area contributed by atoms with Crippen molar-refractivity contribution in [3.8, 4) is 6.07 Å². The highest BCUT2D eigenvalue weighted by Gasteiger charge is 2.30. The lowest BCUT2D eigenvalue weighted by atomic mass is 10.1. The van der Waals surface area contributed by atoms with Gasteiger partial charge in [0.2, 0.25) is 0 Å². The minimum Gasteiger partial charge on any atom is -0.444 e. The highest BCUT2D eigenvalue weighted by Crippen LogP contribution is 2.34. The van der Waals surface area contributed by atoms with E-state index in [1.807, 2.05) is 49.9 Å². The molecule has 28 heavy (non-hydrogen) atoms. The lowest BCUT2D eigenvalue weighted by molar-refractivity contribution is 0.0506. The van der Waals surface area contributed by atoms with Gasteiger partial charge in [0, 0.05) is 34.4 Å². The zero-order valence-electron chi connectivity index (χ0n) is 16.2. The van der Waals surface area contributed by atoms with Crippen molar-refractivity contribution in [3.63, 3.8) is 0 Å². The second-order valence-electron chi connectivity index (χ2n) is 8.09. The topological polar surface area (TPSA) is 79.9 Å².